The molecule has 1 unspecified atom stereocenters. The monoisotopic (exact) mass is 302 g/mol. The number of benzene rings is 1. The minimum atomic E-state index is -0.291. The zero-order chi connectivity index (χ0) is 15.0. The van der Waals surface area contributed by atoms with Crippen LogP contribution in [0.4, 0.5) is 11.4 Å². The van der Waals surface area contributed by atoms with Gasteiger partial charge in [0.25, 0.3) is 5.91 Å². The van der Waals surface area contributed by atoms with E-state index in [0.29, 0.717) is 22.1 Å². The summed E-state index contributed by atoms with van der Waals surface area (Å²) in [5.74, 6) is -0.509. The molecule has 2 heterocycles. The van der Waals surface area contributed by atoms with Crippen molar-refractivity contribution >= 4 is 34.5 Å². The maximum atomic E-state index is 12.6. The van der Waals surface area contributed by atoms with Gasteiger partial charge >= 0.3 is 0 Å². The molecule has 7 heteroatoms. The van der Waals surface area contributed by atoms with Gasteiger partial charge in [0.2, 0.25) is 5.91 Å². The average molecular weight is 302 g/mol. The maximum absolute atomic E-state index is 12.6. The molecule has 2 aromatic rings. The van der Waals surface area contributed by atoms with Crippen molar-refractivity contribution in [3.8, 4) is 0 Å². The van der Waals surface area contributed by atoms with Gasteiger partial charge in [0.15, 0.2) is 0 Å². The molecule has 0 saturated heterocycles. The highest BCUT2D eigenvalue weighted by Gasteiger charge is 2.28. The Morgan fingerprint density at radius 3 is 2.95 bits per heavy atom. The predicted molar refractivity (Wildman–Crippen MR) is 81.5 cm³/mol. The van der Waals surface area contributed by atoms with E-state index in [4.69, 9.17) is 5.73 Å². The van der Waals surface area contributed by atoms with Crippen molar-refractivity contribution in [3.63, 3.8) is 0 Å². The second-order valence-corrected chi connectivity index (χ2v) is 5.71. The van der Waals surface area contributed by atoms with Gasteiger partial charge in [-0.25, -0.2) is 4.98 Å². The summed E-state index contributed by atoms with van der Waals surface area (Å²) >= 11 is 1.35. The summed E-state index contributed by atoms with van der Waals surface area (Å²) < 4.78 is 0. The Labute approximate surface area is 125 Å². The van der Waals surface area contributed by atoms with E-state index in [1.54, 1.807) is 17.5 Å². The minimum absolute atomic E-state index is 0.0130. The number of hydrogen-bond acceptors (Lipinski definition) is 5. The number of thiazole rings is 1. The Kier molecular flexibility index (Phi) is 3.44. The zero-order valence-corrected chi connectivity index (χ0v) is 12.2. The van der Waals surface area contributed by atoms with Gasteiger partial charge in [0.1, 0.15) is 17.2 Å². The van der Waals surface area contributed by atoms with Gasteiger partial charge < -0.3 is 11.1 Å². The third-order valence-electron chi connectivity index (χ3n) is 3.15. The molecule has 0 aliphatic carbocycles. The number of aromatic nitrogens is 1. The minimum Gasteiger partial charge on any atom is -0.323 e. The Balaban J connectivity index is 1.96. The maximum Gasteiger partial charge on any atom is 0.278 e. The van der Waals surface area contributed by atoms with E-state index >= 15 is 0 Å². The highest BCUT2D eigenvalue weighted by atomic mass is 32.1. The predicted octanol–water partition coefficient (Wildman–Crippen LogP) is 1.76. The highest BCUT2D eigenvalue weighted by Crippen LogP contribution is 2.30. The number of hydrogen-bond donors (Lipinski definition) is 2. The van der Waals surface area contributed by atoms with Gasteiger partial charge in [-0.1, -0.05) is 12.1 Å². The molecule has 3 N–H and O–H groups in total. The Hall–Kier alpha value is -2.25. The van der Waals surface area contributed by atoms with Crippen molar-refractivity contribution in [1.82, 2.24) is 4.98 Å². The number of rotatable bonds is 2. The van der Waals surface area contributed by atoms with Gasteiger partial charge in [-0.2, -0.15) is 0 Å². The van der Waals surface area contributed by atoms with Crippen LogP contribution in [0, 0.1) is 0 Å². The topological polar surface area (TPSA) is 88.3 Å². The first kappa shape index (κ1) is 13.7. The van der Waals surface area contributed by atoms with E-state index in [9.17, 15) is 9.59 Å². The van der Waals surface area contributed by atoms with Gasteiger partial charge in [0.05, 0.1) is 17.4 Å². The summed E-state index contributed by atoms with van der Waals surface area (Å²) in [6.07, 6.45) is 0. The van der Waals surface area contributed by atoms with E-state index in [1.165, 1.54) is 16.2 Å². The van der Waals surface area contributed by atoms with Crippen LogP contribution in [0.2, 0.25) is 0 Å². The molecule has 1 aromatic carbocycles. The lowest BCUT2D eigenvalue weighted by molar-refractivity contribution is -0.115. The Morgan fingerprint density at radius 1 is 1.48 bits per heavy atom. The number of amides is 2. The van der Waals surface area contributed by atoms with Gasteiger partial charge in [0, 0.05) is 5.38 Å². The summed E-state index contributed by atoms with van der Waals surface area (Å²) in [5, 5.41) is 5.13. The van der Waals surface area contributed by atoms with Gasteiger partial charge in [-0.15, -0.1) is 11.3 Å². The van der Waals surface area contributed by atoms with Crippen LogP contribution in [0.5, 0.6) is 0 Å². The van der Waals surface area contributed by atoms with Crippen molar-refractivity contribution < 1.29 is 9.59 Å². The number of carbonyl (C=O) groups excluding carboxylic acids is 2. The van der Waals surface area contributed by atoms with Crippen molar-refractivity contribution in [1.29, 1.82) is 0 Å². The van der Waals surface area contributed by atoms with Crippen LogP contribution < -0.4 is 16.0 Å². The second kappa shape index (κ2) is 5.27. The molecule has 1 aliphatic heterocycles. The third-order valence-corrected chi connectivity index (χ3v) is 4.19. The molecule has 6 nitrogen and oxygen atoms in total. The van der Waals surface area contributed by atoms with Crippen LogP contribution in [0.3, 0.4) is 0 Å². The molecule has 0 radical (unpaired) electrons. The number of nitrogens with one attached hydrogen (secondary N) is 1. The Bertz CT molecular complexity index is 711. The SMILES string of the molecule is CC(N)c1nc(C(=O)N2CC(=O)Nc3ccccc32)cs1. The van der Waals surface area contributed by atoms with E-state index in [0.717, 1.165) is 0 Å². The van der Waals surface area contributed by atoms with Crippen LogP contribution in [0.1, 0.15) is 28.5 Å². The molecular formula is C14H14N4O2S. The first-order valence-electron chi connectivity index (χ1n) is 6.48. The lowest BCUT2D eigenvalue weighted by atomic mass is 10.2. The molecule has 1 aliphatic rings. The fourth-order valence-electron chi connectivity index (χ4n) is 2.15. The molecule has 0 fully saturated rings. The van der Waals surface area contributed by atoms with Crippen LogP contribution in [-0.2, 0) is 4.79 Å². The van der Waals surface area contributed by atoms with Crippen molar-refractivity contribution in [2.75, 3.05) is 16.8 Å². The first-order valence-corrected chi connectivity index (χ1v) is 7.36. The van der Waals surface area contributed by atoms with Crippen molar-refractivity contribution in [2.45, 2.75) is 13.0 Å². The summed E-state index contributed by atoms with van der Waals surface area (Å²) in [7, 11) is 0. The molecular weight excluding hydrogens is 288 g/mol. The van der Waals surface area contributed by atoms with Gasteiger partial charge in [-0.3, -0.25) is 14.5 Å². The summed E-state index contributed by atoms with van der Waals surface area (Å²) in [6.45, 7) is 1.80. The zero-order valence-electron chi connectivity index (χ0n) is 11.4. The highest BCUT2D eigenvalue weighted by molar-refractivity contribution is 7.09. The molecule has 1 atom stereocenters. The van der Waals surface area contributed by atoms with Crippen LogP contribution >= 0.6 is 11.3 Å². The van der Waals surface area contributed by atoms with E-state index in [1.807, 2.05) is 19.1 Å². The lowest BCUT2D eigenvalue weighted by Crippen LogP contribution is -2.42. The fraction of sp³-hybridized carbons (Fsp3) is 0.214. The molecule has 2 amide bonds. The fourth-order valence-corrected chi connectivity index (χ4v) is 2.90. The van der Waals surface area contributed by atoms with E-state index < -0.39 is 0 Å². The molecule has 108 valence electrons. The number of carbonyl (C=O) groups is 2. The number of nitrogens with two attached hydrogens (primary N) is 1. The number of fused-ring (bicyclic) bond motifs is 1. The smallest absolute Gasteiger partial charge is 0.278 e. The van der Waals surface area contributed by atoms with Crippen molar-refractivity contribution in [3.05, 3.63) is 40.3 Å². The molecule has 0 saturated carbocycles. The quantitative estimate of drug-likeness (QED) is 0.884. The molecule has 3 rings (SSSR count). The average Bonchev–Trinajstić information content (AvgIpc) is 2.95. The van der Waals surface area contributed by atoms with Crippen molar-refractivity contribution in [2.24, 2.45) is 5.73 Å². The number of nitrogens with zero attached hydrogens (tertiary/aromatic N) is 2. The van der Waals surface area contributed by atoms with Gasteiger partial charge in [-0.05, 0) is 19.1 Å². The number of para-hydroxylation sites is 2. The standard InChI is InChI=1S/C14H14N4O2S/c1-8(15)13-17-10(7-21-13)14(20)18-6-12(19)16-9-4-2-3-5-11(9)18/h2-5,7-8H,6,15H2,1H3,(H,16,19). The molecule has 0 bridgehead atoms. The normalized spacial score (nSPS) is 15.3. The van der Waals surface area contributed by atoms with Crippen LogP contribution in [0.15, 0.2) is 29.6 Å². The second-order valence-electron chi connectivity index (χ2n) is 4.82. The summed E-state index contributed by atoms with van der Waals surface area (Å²) in [6, 6.07) is 6.98. The number of anilines is 2. The molecule has 21 heavy (non-hydrogen) atoms. The van der Waals surface area contributed by atoms with E-state index in [2.05, 4.69) is 10.3 Å². The molecule has 0 spiro atoms. The summed E-state index contributed by atoms with van der Waals surface area (Å²) in [4.78, 5) is 30.0. The lowest BCUT2D eigenvalue weighted by Gasteiger charge is -2.28. The van der Waals surface area contributed by atoms with Crippen LogP contribution in [0.25, 0.3) is 0 Å². The largest absolute Gasteiger partial charge is 0.323 e. The van der Waals surface area contributed by atoms with E-state index in [-0.39, 0.29) is 24.4 Å². The first-order chi connectivity index (χ1) is 10.1. The Morgan fingerprint density at radius 2 is 2.24 bits per heavy atom. The molecule has 1 aromatic heterocycles. The summed E-state index contributed by atoms with van der Waals surface area (Å²) in [5.41, 5.74) is 7.39. The third kappa shape index (κ3) is 2.53. The van der Waals surface area contributed by atoms with Crippen LogP contribution in [-0.4, -0.2) is 23.3 Å².